The maximum Gasteiger partial charge on any atom is 0.206 e. The average Bonchev–Trinajstić information content (AvgIpc) is 2.60. The van der Waals surface area contributed by atoms with Gasteiger partial charge < -0.3 is 4.42 Å². The molecule has 0 amide bonds. The van der Waals surface area contributed by atoms with Crippen molar-refractivity contribution in [1.82, 2.24) is 9.38 Å². The molecule has 3 rings (SSSR count). The number of hydrogen-bond acceptors (Lipinski definition) is 2. The van der Waals surface area contributed by atoms with Crippen LogP contribution >= 0.6 is 0 Å². The highest BCUT2D eigenvalue weighted by Crippen LogP contribution is 2.21. The minimum Gasteiger partial charge on any atom is -0.438 e. The Morgan fingerprint density at radius 1 is 1.40 bits per heavy atom. The molecule has 0 unspecified atom stereocenters. The van der Waals surface area contributed by atoms with Crippen LogP contribution in [0, 0.1) is 0 Å². The van der Waals surface area contributed by atoms with Crippen molar-refractivity contribution in [2.75, 3.05) is 0 Å². The fourth-order valence-corrected chi connectivity index (χ4v) is 1.25. The molecule has 10 heavy (non-hydrogen) atoms. The third kappa shape index (κ3) is 0.301. The second-order valence-corrected chi connectivity index (χ2v) is 2.29. The molecule has 3 heteroatoms. The third-order valence-corrected chi connectivity index (χ3v) is 1.72. The van der Waals surface area contributed by atoms with Crippen LogP contribution in [0.1, 0.15) is 0 Å². The van der Waals surface area contributed by atoms with E-state index in [1.54, 1.807) is 12.5 Å². The number of hydrogen-bond donors (Lipinski definition) is 0. The second-order valence-electron chi connectivity index (χ2n) is 2.29. The molecule has 3 nitrogen and oxygen atoms in total. The summed E-state index contributed by atoms with van der Waals surface area (Å²) in [5, 5.41) is 0. The van der Waals surface area contributed by atoms with Crippen molar-refractivity contribution in [2.24, 2.45) is 0 Å². The van der Waals surface area contributed by atoms with Gasteiger partial charge in [-0.3, -0.25) is 4.40 Å². The first-order valence-corrected chi connectivity index (χ1v) is 3.08. The van der Waals surface area contributed by atoms with Gasteiger partial charge in [-0.1, -0.05) is 0 Å². The quantitative estimate of drug-likeness (QED) is 0.464. The van der Waals surface area contributed by atoms with E-state index >= 15 is 0 Å². The van der Waals surface area contributed by atoms with E-state index in [4.69, 9.17) is 4.42 Å². The molecular formula is C7H4N2O. The van der Waals surface area contributed by atoms with Crippen LogP contribution in [0.3, 0.4) is 0 Å². The van der Waals surface area contributed by atoms with Crippen LogP contribution in [0.4, 0.5) is 0 Å². The van der Waals surface area contributed by atoms with Gasteiger partial charge in [-0.2, -0.15) is 0 Å². The largest absolute Gasteiger partial charge is 0.438 e. The Bertz CT molecular complexity index is 425. The molecule has 0 aromatic carbocycles. The van der Waals surface area contributed by atoms with Crippen LogP contribution in [0.2, 0.25) is 0 Å². The lowest BCUT2D eigenvalue weighted by molar-refractivity contribution is 0.663. The van der Waals surface area contributed by atoms with Gasteiger partial charge in [0.2, 0.25) is 5.71 Å². The Hall–Kier alpha value is -1.51. The highest BCUT2D eigenvalue weighted by molar-refractivity contribution is 5.78. The summed E-state index contributed by atoms with van der Waals surface area (Å²) in [6.07, 6.45) is 3.55. The highest BCUT2D eigenvalue weighted by Gasteiger charge is 2.06. The molecule has 0 aliphatic carbocycles. The number of furan rings is 1. The fraction of sp³-hybridized carbons (Fsp3) is 0. The zero-order valence-electron chi connectivity index (χ0n) is 5.11. The summed E-state index contributed by atoms with van der Waals surface area (Å²) in [5.41, 5.74) is 2.83. The second kappa shape index (κ2) is 1.16. The van der Waals surface area contributed by atoms with Gasteiger partial charge >= 0.3 is 0 Å². The maximum atomic E-state index is 5.33. The van der Waals surface area contributed by atoms with Crippen molar-refractivity contribution in [3.05, 3.63) is 24.7 Å². The lowest BCUT2D eigenvalue weighted by atomic mass is 10.4. The Balaban J connectivity index is 2.88. The standard InChI is InChI=1S/C7H4N2O/c1-2-7-9-4-8-3-5(9)6(1)10-7/h1-4H. The molecule has 3 heterocycles. The third-order valence-electron chi connectivity index (χ3n) is 1.72. The van der Waals surface area contributed by atoms with Gasteiger partial charge in [0.25, 0.3) is 0 Å². The van der Waals surface area contributed by atoms with Crippen molar-refractivity contribution in [3.8, 4) is 0 Å². The maximum absolute atomic E-state index is 5.33. The predicted molar refractivity (Wildman–Crippen MR) is 36.2 cm³/mol. The Morgan fingerprint density at radius 3 is 3.30 bits per heavy atom. The van der Waals surface area contributed by atoms with Crippen molar-refractivity contribution < 1.29 is 4.42 Å². The number of pyridine rings is 1. The van der Waals surface area contributed by atoms with Gasteiger partial charge in [-0.15, -0.1) is 0 Å². The zero-order chi connectivity index (χ0) is 6.55. The van der Waals surface area contributed by atoms with Gasteiger partial charge in [-0.05, 0) is 6.07 Å². The van der Waals surface area contributed by atoms with Gasteiger partial charge in [-0.25, -0.2) is 4.98 Å². The van der Waals surface area contributed by atoms with Crippen LogP contribution in [0.5, 0.6) is 0 Å². The molecule has 0 aliphatic heterocycles. The minimum atomic E-state index is 0.863. The Morgan fingerprint density at radius 2 is 2.40 bits per heavy atom. The van der Waals surface area contributed by atoms with Gasteiger partial charge in [0.05, 0.1) is 6.20 Å². The summed E-state index contributed by atoms with van der Waals surface area (Å²) in [5.74, 6) is 0. The van der Waals surface area contributed by atoms with Crippen LogP contribution in [-0.4, -0.2) is 9.38 Å². The fourth-order valence-electron chi connectivity index (χ4n) is 1.25. The summed E-state index contributed by atoms with van der Waals surface area (Å²) < 4.78 is 7.25. The normalized spacial score (nSPS) is 12.0. The number of imidazole rings is 1. The molecular weight excluding hydrogens is 128 g/mol. The first-order chi connectivity index (χ1) is 4.95. The molecule has 0 saturated heterocycles. The molecule has 0 atom stereocenters. The number of nitrogens with zero attached hydrogens (tertiary/aromatic N) is 2. The topological polar surface area (TPSA) is 30.4 Å². The molecule has 2 bridgehead atoms. The zero-order valence-corrected chi connectivity index (χ0v) is 5.11. The van der Waals surface area contributed by atoms with Crippen LogP contribution in [0.15, 0.2) is 29.1 Å². The van der Waals surface area contributed by atoms with E-state index in [0.29, 0.717) is 0 Å². The Kier molecular flexibility index (Phi) is 0.502. The van der Waals surface area contributed by atoms with Crippen molar-refractivity contribution in [2.45, 2.75) is 0 Å². The van der Waals surface area contributed by atoms with E-state index in [2.05, 4.69) is 4.98 Å². The van der Waals surface area contributed by atoms with Crippen molar-refractivity contribution >= 4 is 16.8 Å². The van der Waals surface area contributed by atoms with E-state index in [9.17, 15) is 0 Å². The summed E-state index contributed by atoms with van der Waals surface area (Å²) in [6, 6.07) is 3.89. The molecule has 0 saturated carbocycles. The molecule has 0 spiro atoms. The summed E-state index contributed by atoms with van der Waals surface area (Å²) >= 11 is 0. The average molecular weight is 132 g/mol. The van der Waals surface area contributed by atoms with Gasteiger partial charge in [0.1, 0.15) is 11.8 Å². The molecule has 3 aromatic heterocycles. The van der Waals surface area contributed by atoms with Crippen molar-refractivity contribution in [3.63, 3.8) is 0 Å². The first-order valence-electron chi connectivity index (χ1n) is 3.08. The van der Waals surface area contributed by atoms with E-state index in [1.165, 1.54) is 0 Å². The van der Waals surface area contributed by atoms with Gasteiger partial charge in [0, 0.05) is 6.07 Å². The molecule has 0 radical (unpaired) electrons. The minimum absolute atomic E-state index is 0.863. The molecule has 0 aliphatic rings. The van der Waals surface area contributed by atoms with Crippen molar-refractivity contribution in [1.29, 1.82) is 0 Å². The lowest BCUT2D eigenvalue weighted by Crippen LogP contribution is -1.73. The van der Waals surface area contributed by atoms with Crippen LogP contribution in [-0.2, 0) is 0 Å². The van der Waals surface area contributed by atoms with Crippen LogP contribution < -0.4 is 0 Å². The van der Waals surface area contributed by atoms with E-state index in [1.807, 2.05) is 16.5 Å². The predicted octanol–water partition coefficient (Wildman–Crippen LogP) is 1.52. The summed E-state index contributed by atoms with van der Waals surface area (Å²) in [4.78, 5) is 3.99. The number of fused-ring (bicyclic) bond motifs is 5. The monoisotopic (exact) mass is 132 g/mol. The van der Waals surface area contributed by atoms with Gasteiger partial charge in [0.15, 0.2) is 5.58 Å². The number of rotatable bonds is 0. The van der Waals surface area contributed by atoms with Crippen LogP contribution in [0.25, 0.3) is 16.8 Å². The van der Waals surface area contributed by atoms with E-state index in [0.717, 1.165) is 16.8 Å². The Labute approximate surface area is 56.2 Å². The summed E-state index contributed by atoms with van der Waals surface area (Å²) in [6.45, 7) is 0. The molecule has 3 aromatic rings. The number of oxazole rings is 1. The molecule has 48 valence electrons. The summed E-state index contributed by atoms with van der Waals surface area (Å²) in [7, 11) is 0. The first kappa shape index (κ1) is 4.33. The van der Waals surface area contributed by atoms with E-state index < -0.39 is 0 Å². The molecule has 0 fully saturated rings. The smallest absolute Gasteiger partial charge is 0.206 e. The lowest BCUT2D eigenvalue weighted by Gasteiger charge is -1.79. The molecule has 0 N–H and O–H groups in total. The highest BCUT2D eigenvalue weighted by atomic mass is 16.3. The number of aromatic nitrogens is 2. The SMILES string of the molecule is c1cc2oc1c1cncn21. The van der Waals surface area contributed by atoms with E-state index in [-0.39, 0.29) is 0 Å².